The predicted molar refractivity (Wildman–Crippen MR) is 92.8 cm³/mol. The minimum absolute atomic E-state index is 0.117. The Morgan fingerprint density at radius 2 is 1.78 bits per heavy atom. The van der Waals surface area contributed by atoms with Crippen LogP contribution in [0.4, 0.5) is 5.69 Å². The minimum Gasteiger partial charge on any atom is -0.481 e. The van der Waals surface area contributed by atoms with Crippen molar-refractivity contribution >= 4 is 11.6 Å². The predicted octanol–water partition coefficient (Wildman–Crippen LogP) is 3.81. The second-order valence-electron chi connectivity index (χ2n) is 6.90. The van der Waals surface area contributed by atoms with Gasteiger partial charge in [-0.05, 0) is 37.7 Å². The van der Waals surface area contributed by atoms with Crippen LogP contribution in [0.15, 0.2) is 12.3 Å². The number of hydrogen-bond acceptors (Lipinski definition) is 4. The van der Waals surface area contributed by atoms with Gasteiger partial charge in [-0.15, -0.1) is 0 Å². The lowest BCUT2D eigenvalue weighted by atomic mass is 9.84. The molecule has 5 heteroatoms. The van der Waals surface area contributed by atoms with Gasteiger partial charge in [0.25, 0.3) is 5.91 Å². The maximum Gasteiger partial charge on any atom is 0.256 e. The smallest absolute Gasteiger partial charge is 0.256 e. The lowest BCUT2D eigenvalue weighted by Gasteiger charge is -2.34. The summed E-state index contributed by atoms with van der Waals surface area (Å²) in [4.78, 5) is 17.1. The van der Waals surface area contributed by atoms with Crippen molar-refractivity contribution < 1.29 is 14.3 Å². The molecule has 0 saturated carbocycles. The number of ether oxygens (including phenoxy) is 2. The third-order valence-corrected chi connectivity index (χ3v) is 3.76. The molecule has 130 valence electrons. The van der Waals surface area contributed by atoms with Gasteiger partial charge in [-0.25, -0.2) is 4.98 Å². The number of methoxy groups -OCH3 is 2. The van der Waals surface area contributed by atoms with Crippen molar-refractivity contribution in [1.82, 2.24) is 4.98 Å². The first-order chi connectivity index (χ1) is 10.7. The molecule has 0 fully saturated rings. The third kappa shape index (κ3) is 5.20. The number of pyridine rings is 1. The molecule has 1 heterocycles. The SMILES string of the molecule is COc1ncc(NC(=O)C(CC(C)C)(CC(C)C)OC)cc1C. The number of nitrogens with zero attached hydrogens (tertiary/aromatic N) is 1. The number of carbonyl (C=O) groups excluding carboxylic acids is 1. The molecule has 5 nitrogen and oxygen atoms in total. The Kier molecular flexibility index (Phi) is 7.01. The number of aromatic nitrogens is 1. The summed E-state index contributed by atoms with van der Waals surface area (Å²) in [6.45, 7) is 10.3. The van der Waals surface area contributed by atoms with Gasteiger partial charge in [0, 0.05) is 12.7 Å². The lowest BCUT2D eigenvalue weighted by molar-refractivity contribution is -0.142. The first-order valence-corrected chi connectivity index (χ1v) is 8.11. The van der Waals surface area contributed by atoms with Crippen LogP contribution in [0.1, 0.15) is 46.1 Å². The van der Waals surface area contributed by atoms with Gasteiger partial charge in [-0.3, -0.25) is 4.79 Å². The second kappa shape index (κ2) is 8.29. The summed E-state index contributed by atoms with van der Waals surface area (Å²) in [5, 5.41) is 2.95. The Labute approximate surface area is 139 Å². The molecule has 0 saturated heterocycles. The van der Waals surface area contributed by atoms with E-state index in [0.717, 1.165) is 5.56 Å². The topological polar surface area (TPSA) is 60.5 Å². The van der Waals surface area contributed by atoms with Crippen molar-refractivity contribution in [1.29, 1.82) is 0 Å². The molecule has 0 atom stereocenters. The zero-order valence-corrected chi connectivity index (χ0v) is 15.4. The van der Waals surface area contributed by atoms with E-state index in [9.17, 15) is 4.79 Å². The molecule has 1 rings (SSSR count). The maximum atomic E-state index is 12.9. The maximum absolute atomic E-state index is 12.9. The van der Waals surface area contributed by atoms with Crippen molar-refractivity contribution in [3.8, 4) is 5.88 Å². The van der Waals surface area contributed by atoms with Crippen molar-refractivity contribution in [3.63, 3.8) is 0 Å². The highest BCUT2D eigenvalue weighted by molar-refractivity contribution is 5.97. The molecule has 0 unspecified atom stereocenters. The van der Waals surface area contributed by atoms with Crippen LogP contribution in [-0.2, 0) is 9.53 Å². The van der Waals surface area contributed by atoms with E-state index in [1.165, 1.54) is 0 Å². The van der Waals surface area contributed by atoms with E-state index in [-0.39, 0.29) is 5.91 Å². The van der Waals surface area contributed by atoms with E-state index in [1.807, 2.05) is 13.0 Å². The third-order valence-electron chi connectivity index (χ3n) is 3.76. The molecule has 1 N–H and O–H groups in total. The van der Waals surface area contributed by atoms with Crippen molar-refractivity contribution in [3.05, 3.63) is 17.8 Å². The highest BCUT2D eigenvalue weighted by atomic mass is 16.5. The number of aryl methyl sites for hydroxylation is 1. The molecule has 1 aromatic rings. The first-order valence-electron chi connectivity index (χ1n) is 8.11. The number of hydrogen-bond donors (Lipinski definition) is 1. The Morgan fingerprint density at radius 3 is 2.17 bits per heavy atom. The summed E-state index contributed by atoms with van der Waals surface area (Å²) in [5.41, 5.74) is 0.708. The fourth-order valence-electron chi connectivity index (χ4n) is 2.94. The van der Waals surface area contributed by atoms with Crippen molar-refractivity contribution in [2.75, 3.05) is 19.5 Å². The van der Waals surface area contributed by atoms with E-state index in [0.29, 0.717) is 36.2 Å². The molecule has 23 heavy (non-hydrogen) atoms. The summed E-state index contributed by atoms with van der Waals surface area (Å²) in [6, 6.07) is 1.86. The summed E-state index contributed by atoms with van der Waals surface area (Å²) in [5.74, 6) is 1.16. The average molecular weight is 322 g/mol. The molecular formula is C18H30N2O3. The molecule has 1 amide bonds. The van der Waals surface area contributed by atoms with Crippen molar-refractivity contribution in [2.45, 2.75) is 53.1 Å². The number of rotatable bonds is 8. The molecule has 0 spiro atoms. The van der Waals surface area contributed by atoms with Gasteiger partial charge in [0.1, 0.15) is 5.60 Å². The molecular weight excluding hydrogens is 292 g/mol. The zero-order chi connectivity index (χ0) is 17.6. The zero-order valence-electron chi connectivity index (χ0n) is 15.4. The Morgan fingerprint density at radius 1 is 1.22 bits per heavy atom. The number of amides is 1. The standard InChI is InChI=1S/C18H30N2O3/c1-12(2)9-18(23-7,10-13(3)4)17(21)20-15-8-14(5)16(22-6)19-11-15/h8,11-13H,9-10H2,1-7H3,(H,20,21). The fourth-order valence-corrected chi connectivity index (χ4v) is 2.94. The van der Waals surface area contributed by atoms with E-state index < -0.39 is 5.60 Å². The van der Waals surface area contributed by atoms with Gasteiger partial charge in [0.2, 0.25) is 5.88 Å². The molecule has 0 aliphatic heterocycles. The number of nitrogens with one attached hydrogen (secondary N) is 1. The highest BCUT2D eigenvalue weighted by Gasteiger charge is 2.39. The number of anilines is 1. The first kappa shape index (κ1) is 19.4. The van der Waals surface area contributed by atoms with Crippen LogP contribution in [0.5, 0.6) is 5.88 Å². The second-order valence-corrected chi connectivity index (χ2v) is 6.90. The van der Waals surface area contributed by atoms with Gasteiger partial charge in [-0.1, -0.05) is 27.7 Å². The quantitative estimate of drug-likeness (QED) is 0.790. The normalized spacial score (nSPS) is 11.9. The van der Waals surface area contributed by atoms with Gasteiger partial charge in [0.05, 0.1) is 19.0 Å². The summed E-state index contributed by atoms with van der Waals surface area (Å²) in [7, 11) is 3.19. The lowest BCUT2D eigenvalue weighted by Crippen LogP contribution is -2.47. The molecule has 0 bridgehead atoms. The van der Waals surface area contributed by atoms with Crippen LogP contribution in [0.25, 0.3) is 0 Å². The van der Waals surface area contributed by atoms with Crippen LogP contribution in [0, 0.1) is 18.8 Å². The van der Waals surface area contributed by atoms with Crippen LogP contribution in [-0.4, -0.2) is 30.7 Å². The Hall–Kier alpha value is -1.62. The largest absolute Gasteiger partial charge is 0.481 e. The molecule has 0 aliphatic carbocycles. The van der Waals surface area contributed by atoms with E-state index in [2.05, 4.69) is 38.0 Å². The van der Waals surface area contributed by atoms with Crippen LogP contribution in [0.2, 0.25) is 0 Å². The highest BCUT2D eigenvalue weighted by Crippen LogP contribution is 2.30. The van der Waals surface area contributed by atoms with E-state index in [1.54, 1.807) is 20.4 Å². The van der Waals surface area contributed by atoms with Gasteiger partial charge < -0.3 is 14.8 Å². The van der Waals surface area contributed by atoms with Gasteiger partial charge in [-0.2, -0.15) is 0 Å². The Balaban J connectivity index is 3.02. The molecule has 1 aromatic heterocycles. The van der Waals surface area contributed by atoms with Crippen LogP contribution >= 0.6 is 0 Å². The van der Waals surface area contributed by atoms with Crippen molar-refractivity contribution in [2.24, 2.45) is 11.8 Å². The van der Waals surface area contributed by atoms with E-state index in [4.69, 9.17) is 9.47 Å². The minimum atomic E-state index is -0.823. The monoisotopic (exact) mass is 322 g/mol. The van der Waals surface area contributed by atoms with Crippen LogP contribution in [0.3, 0.4) is 0 Å². The van der Waals surface area contributed by atoms with E-state index >= 15 is 0 Å². The van der Waals surface area contributed by atoms with Gasteiger partial charge >= 0.3 is 0 Å². The number of carbonyl (C=O) groups is 1. The van der Waals surface area contributed by atoms with Gasteiger partial charge in [0.15, 0.2) is 0 Å². The fraction of sp³-hybridized carbons (Fsp3) is 0.667. The molecule has 0 radical (unpaired) electrons. The summed E-state index contributed by atoms with van der Waals surface area (Å²) >= 11 is 0. The average Bonchev–Trinajstić information content (AvgIpc) is 2.45. The molecule has 0 aliphatic rings. The molecule has 0 aromatic carbocycles. The summed E-state index contributed by atoms with van der Waals surface area (Å²) in [6.07, 6.45) is 2.96. The van der Waals surface area contributed by atoms with Crippen LogP contribution < -0.4 is 10.1 Å². The summed E-state index contributed by atoms with van der Waals surface area (Å²) < 4.78 is 10.9. The Bertz CT molecular complexity index is 517.